The summed E-state index contributed by atoms with van der Waals surface area (Å²) in [6, 6.07) is 11.7. The van der Waals surface area contributed by atoms with E-state index in [1.54, 1.807) is 54.1 Å². The molecule has 2 heterocycles. The van der Waals surface area contributed by atoms with Gasteiger partial charge in [0.2, 0.25) is 5.91 Å². The van der Waals surface area contributed by atoms with Gasteiger partial charge in [-0.1, -0.05) is 23.7 Å². The molecule has 7 nitrogen and oxygen atoms in total. The second-order valence-corrected chi connectivity index (χ2v) is 7.42. The second kappa shape index (κ2) is 7.67. The van der Waals surface area contributed by atoms with Gasteiger partial charge in [0.25, 0.3) is 11.5 Å². The number of aromatic nitrogens is 2. The van der Waals surface area contributed by atoms with E-state index in [4.69, 9.17) is 11.6 Å². The molecule has 148 valence electrons. The summed E-state index contributed by atoms with van der Waals surface area (Å²) in [4.78, 5) is 43.4. The highest BCUT2D eigenvalue weighted by Crippen LogP contribution is 2.20. The quantitative estimate of drug-likeness (QED) is 0.716. The van der Waals surface area contributed by atoms with Crippen LogP contribution in [-0.4, -0.2) is 39.9 Å². The van der Waals surface area contributed by atoms with Crippen LogP contribution >= 0.6 is 11.6 Å². The summed E-state index contributed by atoms with van der Waals surface area (Å²) in [7, 11) is 1.55. The summed E-state index contributed by atoms with van der Waals surface area (Å²) in [5, 5.41) is 3.61. The van der Waals surface area contributed by atoms with Crippen LogP contribution in [-0.2, 0) is 17.8 Å². The number of nitrogens with one attached hydrogen (secondary N) is 1. The molecule has 0 unspecified atom stereocenters. The van der Waals surface area contributed by atoms with E-state index in [0.29, 0.717) is 33.7 Å². The van der Waals surface area contributed by atoms with Crippen molar-refractivity contribution in [2.75, 3.05) is 18.9 Å². The summed E-state index contributed by atoms with van der Waals surface area (Å²) in [6.07, 6.45) is 1.65. The van der Waals surface area contributed by atoms with Crippen LogP contribution < -0.4 is 10.9 Å². The predicted molar refractivity (Wildman–Crippen MR) is 111 cm³/mol. The highest BCUT2D eigenvalue weighted by molar-refractivity contribution is 6.33. The topological polar surface area (TPSA) is 84.3 Å². The zero-order chi connectivity index (χ0) is 20.5. The van der Waals surface area contributed by atoms with E-state index < -0.39 is 0 Å². The number of carbonyl (C=O) groups is 2. The van der Waals surface area contributed by atoms with Gasteiger partial charge >= 0.3 is 0 Å². The number of para-hydroxylation sites is 1. The molecule has 3 aromatic rings. The predicted octanol–water partition coefficient (Wildman–Crippen LogP) is 2.71. The first-order valence-corrected chi connectivity index (χ1v) is 9.65. The Kier molecular flexibility index (Phi) is 5.07. The van der Waals surface area contributed by atoms with Crippen molar-refractivity contribution in [1.82, 2.24) is 14.5 Å². The molecule has 2 amide bonds. The smallest absolute Gasteiger partial charge is 0.261 e. The maximum Gasteiger partial charge on any atom is 0.261 e. The molecule has 0 atom stereocenters. The van der Waals surface area contributed by atoms with Crippen LogP contribution in [0.2, 0.25) is 5.02 Å². The Labute approximate surface area is 171 Å². The maximum atomic E-state index is 12.8. The third-order valence-electron chi connectivity index (χ3n) is 4.94. The molecule has 1 aliphatic heterocycles. The lowest BCUT2D eigenvalue weighted by atomic mass is 10.1. The number of halogens is 1. The van der Waals surface area contributed by atoms with Crippen molar-refractivity contribution >= 4 is 40.0 Å². The second-order valence-electron chi connectivity index (χ2n) is 7.01. The lowest BCUT2D eigenvalue weighted by Crippen LogP contribution is -2.35. The third kappa shape index (κ3) is 3.73. The van der Waals surface area contributed by atoms with Gasteiger partial charge in [0.05, 0.1) is 28.2 Å². The molecule has 0 radical (unpaired) electrons. The fraction of sp³-hybridized carbons (Fsp3) is 0.238. The summed E-state index contributed by atoms with van der Waals surface area (Å²) in [5.74, 6) is 0.0621. The number of rotatable bonds is 4. The van der Waals surface area contributed by atoms with E-state index in [0.717, 1.165) is 18.7 Å². The number of hydrogen-bond acceptors (Lipinski definition) is 4. The third-order valence-corrected chi connectivity index (χ3v) is 5.27. The number of anilines is 1. The average Bonchev–Trinajstić information content (AvgIpc) is 3.17. The largest absolute Gasteiger partial charge is 0.332 e. The zero-order valence-electron chi connectivity index (χ0n) is 15.8. The lowest BCUT2D eigenvalue weighted by molar-refractivity contribution is -0.116. The molecule has 0 fully saturated rings. The van der Waals surface area contributed by atoms with Crippen LogP contribution in [0, 0.1) is 0 Å². The first-order chi connectivity index (χ1) is 13.9. The van der Waals surface area contributed by atoms with Crippen LogP contribution in [0.15, 0.2) is 47.3 Å². The number of likely N-dealkylation sites (N-methyl/N-ethyl adjacent to an activating group) is 1. The number of nitrogens with zero attached hydrogens (tertiary/aromatic N) is 3. The van der Waals surface area contributed by atoms with Gasteiger partial charge < -0.3 is 10.2 Å². The molecular formula is C21H19ClN4O3. The van der Waals surface area contributed by atoms with E-state index in [9.17, 15) is 14.4 Å². The standard InChI is InChI=1S/C21H19ClN4O3/c1-25(12-19(27)24-16-6-3-2-5-15(16)22)20(28)13-8-9-14-17(11-13)23-18-7-4-10-26(18)21(14)29/h2-3,5-6,8-9,11H,4,7,10,12H2,1H3,(H,24,27). The average molecular weight is 411 g/mol. The normalized spacial score (nSPS) is 12.6. The SMILES string of the molecule is CN(CC(=O)Nc1ccccc1Cl)C(=O)c1ccc2c(=O)n3c(nc2c1)CCC3. The highest BCUT2D eigenvalue weighted by atomic mass is 35.5. The minimum absolute atomic E-state index is 0.0750. The Morgan fingerprint density at radius 3 is 2.83 bits per heavy atom. The van der Waals surface area contributed by atoms with Gasteiger partial charge in [-0.05, 0) is 36.8 Å². The van der Waals surface area contributed by atoms with Crippen LogP contribution in [0.4, 0.5) is 5.69 Å². The summed E-state index contributed by atoms with van der Waals surface area (Å²) in [5.41, 5.74) is 1.29. The maximum absolute atomic E-state index is 12.8. The van der Waals surface area contributed by atoms with Gasteiger partial charge in [-0.3, -0.25) is 19.0 Å². The Morgan fingerprint density at radius 1 is 1.24 bits per heavy atom. The van der Waals surface area contributed by atoms with Crippen LogP contribution in [0.25, 0.3) is 10.9 Å². The summed E-state index contributed by atoms with van der Waals surface area (Å²) in [6.45, 7) is 0.545. The molecule has 0 spiro atoms. The number of hydrogen-bond donors (Lipinski definition) is 1. The van der Waals surface area contributed by atoms with Crippen LogP contribution in [0.1, 0.15) is 22.6 Å². The van der Waals surface area contributed by atoms with Crippen molar-refractivity contribution in [3.8, 4) is 0 Å². The first-order valence-electron chi connectivity index (χ1n) is 9.27. The fourth-order valence-electron chi connectivity index (χ4n) is 3.48. The summed E-state index contributed by atoms with van der Waals surface area (Å²) < 4.78 is 1.69. The molecule has 29 heavy (non-hydrogen) atoms. The van der Waals surface area contributed by atoms with Gasteiger partial charge in [-0.2, -0.15) is 0 Å². The van der Waals surface area contributed by atoms with Crippen LogP contribution in [0.5, 0.6) is 0 Å². The van der Waals surface area contributed by atoms with Crippen molar-refractivity contribution < 1.29 is 9.59 Å². The lowest BCUT2D eigenvalue weighted by Gasteiger charge is -2.17. The summed E-state index contributed by atoms with van der Waals surface area (Å²) >= 11 is 6.04. The van der Waals surface area contributed by atoms with Gasteiger partial charge in [-0.15, -0.1) is 0 Å². The van der Waals surface area contributed by atoms with E-state index >= 15 is 0 Å². The van der Waals surface area contributed by atoms with E-state index in [1.807, 2.05) is 0 Å². The molecular weight excluding hydrogens is 392 g/mol. The number of carbonyl (C=O) groups excluding carboxylic acids is 2. The molecule has 1 aliphatic rings. The monoisotopic (exact) mass is 410 g/mol. The number of amides is 2. The van der Waals surface area contributed by atoms with Crippen LogP contribution in [0.3, 0.4) is 0 Å². The molecule has 1 aromatic heterocycles. The highest BCUT2D eigenvalue weighted by Gasteiger charge is 2.19. The van der Waals surface area contributed by atoms with Gasteiger partial charge in [0, 0.05) is 25.6 Å². The Bertz CT molecular complexity index is 1190. The minimum Gasteiger partial charge on any atom is -0.332 e. The van der Waals surface area contributed by atoms with E-state index in [-0.39, 0.29) is 23.9 Å². The molecule has 1 N–H and O–H groups in total. The Hall–Kier alpha value is -3.19. The molecule has 8 heteroatoms. The molecule has 0 saturated carbocycles. The van der Waals surface area contributed by atoms with Crippen molar-refractivity contribution in [1.29, 1.82) is 0 Å². The first kappa shape index (κ1) is 19.1. The molecule has 0 bridgehead atoms. The molecule has 2 aromatic carbocycles. The van der Waals surface area contributed by atoms with E-state index in [1.165, 1.54) is 4.90 Å². The van der Waals surface area contributed by atoms with E-state index in [2.05, 4.69) is 10.3 Å². The van der Waals surface area contributed by atoms with Crippen molar-refractivity contribution in [3.05, 3.63) is 69.2 Å². The molecule has 4 rings (SSSR count). The number of fused-ring (bicyclic) bond motifs is 2. The van der Waals surface area contributed by atoms with Gasteiger partial charge in [0.15, 0.2) is 0 Å². The van der Waals surface area contributed by atoms with Crippen molar-refractivity contribution in [2.24, 2.45) is 0 Å². The molecule has 0 saturated heterocycles. The van der Waals surface area contributed by atoms with Crippen molar-refractivity contribution in [3.63, 3.8) is 0 Å². The number of benzene rings is 2. The van der Waals surface area contributed by atoms with Crippen molar-refractivity contribution in [2.45, 2.75) is 19.4 Å². The fourth-order valence-corrected chi connectivity index (χ4v) is 3.66. The Morgan fingerprint density at radius 2 is 2.03 bits per heavy atom. The number of aryl methyl sites for hydroxylation is 1. The zero-order valence-corrected chi connectivity index (χ0v) is 16.6. The molecule has 0 aliphatic carbocycles. The minimum atomic E-state index is -0.357. The van der Waals surface area contributed by atoms with Gasteiger partial charge in [0.1, 0.15) is 5.82 Å². The Balaban J connectivity index is 1.52. The van der Waals surface area contributed by atoms with Gasteiger partial charge in [-0.25, -0.2) is 4.98 Å².